The summed E-state index contributed by atoms with van der Waals surface area (Å²) in [6.07, 6.45) is 1.39. The third kappa shape index (κ3) is 4.26. The molecule has 0 saturated heterocycles. The number of para-hydroxylation sites is 1. The third-order valence-electron chi connectivity index (χ3n) is 2.85. The topological polar surface area (TPSA) is 73.1 Å². The van der Waals surface area contributed by atoms with Gasteiger partial charge in [0.1, 0.15) is 17.4 Å². The molecule has 2 aromatic rings. The third-order valence-corrected chi connectivity index (χ3v) is 4.11. The van der Waals surface area contributed by atoms with Crippen LogP contribution in [0.1, 0.15) is 5.56 Å². The number of anilines is 1. The van der Waals surface area contributed by atoms with Crippen molar-refractivity contribution in [3.63, 3.8) is 0 Å². The van der Waals surface area contributed by atoms with E-state index in [0.29, 0.717) is 10.0 Å². The minimum absolute atomic E-state index is 0.0629. The van der Waals surface area contributed by atoms with Crippen molar-refractivity contribution in [2.75, 3.05) is 5.32 Å². The van der Waals surface area contributed by atoms with E-state index in [1.807, 2.05) is 6.07 Å². The van der Waals surface area contributed by atoms with E-state index in [-0.39, 0.29) is 27.1 Å². The van der Waals surface area contributed by atoms with Crippen LogP contribution in [0, 0.1) is 11.3 Å². The Bertz CT molecular complexity index is 824. The molecular weight excluding hydrogens is 403 g/mol. The molecule has 0 aliphatic rings. The van der Waals surface area contributed by atoms with Crippen LogP contribution in [0.4, 0.5) is 5.69 Å². The van der Waals surface area contributed by atoms with Crippen molar-refractivity contribution in [1.29, 1.82) is 5.26 Å². The van der Waals surface area contributed by atoms with Crippen LogP contribution in [0.15, 0.2) is 46.4 Å². The average molecular weight is 412 g/mol. The number of nitrogens with zero attached hydrogens (tertiary/aromatic N) is 1. The largest absolute Gasteiger partial charge is 0.507 e. The second kappa shape index (κ2) is 7.51. The number of carbonyl (C=O) groups excluding carboxylic acids is 1. The molecule has 116 valence electrons. The van der Waals surface area contributed by atoms with Crippen molar-refractivity contribution in [2.45, 2.75) is 0 Å². The Morgan fingerprint density at radius 2 is 1.91 bits per heavy atom. The van der Waals surface area contributed by atoms with Crippen molar-refractivity contribution in [1.82, 2.24) is 0 Å². The van der Waals surface area contributed by atoms with E-state index in [4.69, 9.17) is 23.2 Å². The number of phenolic OH excluding ortho intramolecular Hbond substituents is 1. The molecule has 0 saturated carbocycles. The highest BCUT2D eigenvalue weighted by Crippen LogP contribution is 2.30. The molecule has 23 heavy (non-hydrogen) atoms. The van der Waals surface area contributed by atoms with Gasteiger partial charge in [0, 0.05) is 0 Å². The fraction of sp³-hybridized carbons (Fsp3) is 0. The van der Waals surface area contributed by atoms with Gasteiger partial charge >= 0.3 is 0 Å². The lowest BCUT2D eigenvalue weighted by atomic mass is 10.1. The van der Waals surface area contributed by atoms with Crippen molar-refractivity contribution in [3.05, 3.63) is 62.1 Å². The van der Waals surface area contributed by atoms with Gasteiger partial charge in [-0.1, -0.05) is 35.3 Å². The highest BCUT2D eigenvalue weighted by molar-refractivity contribution is 9.10. The van der Waals surface area contributed by atoms with Gasteiger partial charge in [0.25, 0.3) is 5.91 Å². The molecule has 0 atom stereocenters. The summed E-state index contributed by atoms with van der Waals surface area (Å²) in [7, 11) is 0. The molecular formula is C16H9BrCl2N2O2. The maximum absolute atomic E-state index is 12.2. The Kier molecular flexibility index (Phi) is 5.67. The SMILES string of the molecule is N#C/C(=C\c1ccc(O)c(Br)c1)C(=O)Nc1c(Cl)cccc1Cl. The van der Waals surface area contributed by atoms with Gasteiger partial charge in [-0.05, 0) is 51.8 Å². The average Bonchev–Trinajstić information content (AvgIpc) is 2.52. The Labute approximate surface area is 151 Å². The maximum atomic E-state index is 12.2. The zero-order valence-corrected chi connectivity index (χ0v) is 14.6. The van der Waals surface area contributed by atoms with Gasteiger partial charge in [0.15, 0.2) is 0 Å². The molecule has 2 N–H and O–H groups in total. The number of halogens is 3. The van der Waals surface area contributed by atoms with E-state index < -0.39 is 5.91 Å². The molecule has 7 heteroatoms. The highest BCUT2D eigenvalue weighted by atomic mass is 79.9. The summed E-state index contributed by atoms with van der Waals surface area (Å²) in [4.78, 5) is 12.2. The van der Waals surface area contributed by atoms with E-state index in [9.17, 15) is 15.2 Å². The van der Waals surface area contributed by atoms with Gasteiger partial charge in [-0.25, -0.2) is 0 Å². The standard InChI is InChI=1S/C16H9BrCl2N2O2/c17-11-7-9(4-5-14(11)22)6-10(8-20)16(23)21-15-12(18)2-1-3-13(15)19/h1-7,22H,(H,21,23)/b10-6+. The molecule has 0 heterocycles. The first-order chi connectivity index (χ1) is 10.9. The fourth-order valence-corrected chi connectivity index (χ4v) is 2.61. The number of phenols is 1. The molecule has 1 amide bonds. The van der Waals surface area contributed by atoms with E-state index in [0.717, 1.165) is 0 Å². The number of aromatic hydroxyl groups is 1. The molecule has 0 aliphatic carbocycles. The van der Waals surface area contributed by atoms with Crippen LogP contribution >= 0.6 is 39.1 Å². The number of amides is 1. The number of nitrogens with one attached hydrogen (secondary N) is 1. The van der Waals surface area contributed by atoms with Crippen LogP contribution in [0.5, 0.6) is 5.75 Å². The first kappa shape index (κ1) is 17.4. The lowest BCUT2D eigenvalue weighted by molar-refractivity contribution is -0.112. The Balaban J connectivity index is 2.30. The smallest absolute Gasteiger partial charge is 0.266 e. The van der Waals surface area contributed by atoms with Gasteiger partial charge in [0.05, 0.1) is 20.2 Å². The Hall–Kier alpha value is -2.00. The molecule has 4 nitrogen and oxygen atoms in total. The normalized spacial score (nSPS) is 11.0. The van der Waals surface area contributed by atoms with Gasteiger partial charge in [-0.15, -0.1) is 0 Å². The van der Waals surface area contributed by atoms with Crippen LogP contribution in [-0.2, 0) is 4.79 Å². The molecule has 0 aromatic heterocycles. The van der Waals surface area contributed by atoms with E-state index in [1.54, 1.807) is 30.3 Å². The fourth-order valence-electron chi connectivity index (χ4n) is 1.73. The van der Waals surface area contributed by atoms with Gasteiger partial charge in [-0.2, -0.15) is 5.26 Å². The van der Waals surface area contributed by atoms with Crippen molar-refractivity contribution in [2.24, 2.45) is 0 Å². The zero-order valence-electron chi connectivity index (χ0n) is 11.5. The van der Waals surface area contributed by atoms with Crippen molar-refractivity contribution in [3.8, 4) is 11.8 Å². The number of nitriles is 1. The number of rotatable bonds is 3. The van der Waals surface area contributed by atoms with Crippen LogP contribution in [0.25, 0.3) is 6.08 Å². The number of hydrogen-bond acceptors (Lipinski definition) is 3. The van der Waals surface area contributed by atoms with Gasteiger partial charge in [0.2, 0.25) is 0 Å². The summed E-state index contributed by atoms with van der Waals surface area (Å²) in [5, 5.41) is 21.7. The molecule has 0 fully saturated rings. The summed E-state index contributed by atoms with van der Waals surface area (Å²) in [6, 6.07) is 11.2. The van der Waals surface area contributed by atoms with Crippen molar-refractivity contribution >= 4 is 56.8 Å². The molecule has 0 spiro atoms. The van der Waals surface area contributed by atoms with Gasteiger partial charge < -0.3 is 10.4 Å². The minimum atomic E-state index is -0.633. The number of carbonyl (C=O) groups is 1. The van der Waals surface area contributed by atoms with Crippen LogP contribution < -0.4 is 5.32 Å². The molecule has 2 rings (SSSR count). The lowest BCUT2D eigenvalue weighted by Gasteiger charge is -2.08. The summed E-state index contributed by atoms with van der Waals surface area (Å²) in [6.45, 7) is 0. The highest BCUT2D eigenvalue weighted by Gasteiger charge is 2.14. The summed E-state index contributed by atoms with van der Waals surface area (Å²) in [5.74, 6) is -0.570. The first-order valence-corrected chi connectivity index (χ1v) is 7.83. The van der Waals surface area contributed by atoms with Crippen LogP contribution in [-0.4, -0.2) is 11.0 Å². The Morgan fingerprint density at radius 1 is 1.26 bits per heavy atom. The maximum Gasteiger partial charge on any atom is 0.266 e. The summed E-state index contributed by atoms with van der Waals surface area (Å²) < 4.78 is 0.457. The molecule has 2 aromatic carbocycles. The Morgan fingerprint density at radius 3 is 2.48 bits per heavy atom. The molecule has 0 bridgehead atoms. The summed E-state index contributed by atoms with van der Waals surface area (Å²) in [5.41, 5.74) is 0.694. The first-order valence-electron chi connectivity index (χ1n) is 6.28. The second-order valence-electron chi connectivity index (χ2n) is 4.43. The predicted molar refractivity (Wildman–Crippen MR) is 94.5 cm³/mol. The lowest BCUT2D eigenvalue weighted by Crippen LogP contribution is -2.14. The summed E-state index contributed by atoms with van der Waals surface area (Å²) >= 11 is 15.1. The van der Waals surface area contributed by atoms with Gasteiger partial charge in [-0.3, -0.25) is 4.79 Å². The molecule has 0 aliphatic heterocycles. The van der Waals surface area contributed by atoms with Crippen LogP contribution in [0.3, 0.4) is 0 Å². The second-order valence-corrected chi connectivity index (χ2v) is 6.10. The minimum Gasteiger partial charge on any atom is -0.507 e. The van der Waals surface area contributed by atoms with E-state index in [1.165, 1.54) is 12.1 Å². The molecule has 0 radical (unpaired) electrons. The predicted octanol–water partition coefficient (Wildman–Crippen LogP) is 5.01. The number of benzene rings is 2. The monoisotopic (exact) mass is 410 g/mol. The van der Waals surface area contributed by atoms with Crippen LogP contribution in [0.2, 0.25) is 10.0 Å². The van der Waals surface area contributed by atoms with Crippen molar-refractivity contribution < 1.29 is 9.90 Å². The van der Waals surface area contributed by atoms with E-state index >= 15 is 0 Å². The molecule has 0 unspecified atom stereocenters. The zero-order chi connectivity index (χ0) is 17.0. The quantitative estimate of drug-likeness (QED) is 0.550. The van der Waals surface area contributed by atoms with E-state index in [2.05, 4.69) is 21.2 Å². The number of hydrogen-bond donors (Lipinski definition) is 2.